The summed E-state index contributed by atoms with van der Waals surface area (Å²) >= 11 is 0. The van der Waals surface area contributed by atoms with Gasteiger partial charge in [0.1, 0.15) is 0 Å². The van der Waals surface area contributed by atoms with Gasteiger partial charge < -0.3 is 5.11 Å². The lowest BCUT2D eigenvalue weighted by atomic mass is 10.1. The van der Waals surface area contributed by atoms with Gasteiger partial charge in [-0.1, -0.05) is 24.3 Å². The molecular weight excluding hydrogens is 204 g/mol. The van der Waals surface area contributed by atoms with Crippen molar-refractivity contribution >= 4 is 22.9 Å². The Morgan fingerprint density at radius 3 is 3.12 bits per heavy atom. The van der Waals surface area contributed by atoms with Crippen molar-refractivity contribution in [2.45, 2.75) is 6.42 Å². The van der Waals surface area contributed by atoms with E-state index in [0.29, 0.717) is 0 Å². The summed E-state index contributed by atoms with van der Waals surface area (Å²) in [6, 6.07) is 5.91. The van der Waals surface area contributed by atoms with E-state index in [-0.39, 0.29) is 6.42 Å². The predicted molar refractivity (Wildman–Crippen MR) is 62.0 cm³/mol. The zero-order valence-corrected chi connectivity index (χ0v) is 8.92. The number of rotatable bonds is 3. The van der Waals surface area contributed by atoms with E-state index in [1.807, 2.05) is 25.2 Å². The molecule has 0 aliphatic carbocycles. The molecule has 82 valence electrons. The third-order valence-corrected chi connectivity index (χ3v) is 2.38. The van der Waals surface area contributed by atoms with Gasteiger partial charge in [0.05, 0.1) is 18.1 Å². The molecule has 0 aliphatic heterocycles. The van der Waals surface area contributed by atoms with E-state index in [4.69, 9.17) is 5.11 Å². The van der Waals surface area contributed by atoms with Gasteiger partial charge in [-0.15, -0.1) is 0 Å². The molecule has 0 saturated heterocycles. The largest absolute Gasteiger partial charge is 0.481 e. The number of carboxylic acids is 1. The fourth-order valence-corrected chi connectivity index (χ4v) is 1.56. The number of benzene rings is 1. The van der Waals surface area contributed by atoms with Gasteiger partial charge in [0.25, 0.3) is 0 Å². The maximum atomic E-state index is 10.3. The highest BCUT2D eigenvalue weighted by atomic mass is 16.4. The molecule has 0 saturated carbocycles. The lowest BCUT2D eigenvalue weighted by molar-refractivity contribution is -0.135. The Kier molecular flexibility index (Phi) is 2.72. The van der Waals surface area contributed by atoms with Crippen LogP contribution in [-0.4, -0.2) is 20.9 Å². The number of carboxylic acid groups (broad SMARTS) is 1. The summed E-state index contributed by atoms with van der Waals surface area (Å²) in [5.74, 6) is -0.821. The lowest BCUT2D eigenvalue weighted by Gasteiger charge is -1.96. The van der Waals surface area contributed by atoms with Gasteiger partial charge in [0.2, 0.25) is 0 Å². The summed E-state index contributed by atoms with van der Waals surface area (Å²) in [6.07, 6.45) is 5.30. The Morgan fingerprint density at radius 2 is 2.38 bits per heavy atom. The van der Waals surface area contributed by atoms with E-state index in [2.05, 4.69) is 5.10 Å². The molecule has 0 spiro atoms. The minimum atomic E-state index is -0.821. The quantitative estimate of drug-likeness (QED) is 0.854. The van der Waals surface area contributed by atoms with Gasteiger partial charge in [-0.3, -0.25) is 9.48 Å². The smallest absolute Gasteiger partial charge is 0.307 e. The van der Waals surface area contributed by atoms with E-state index in [0.717, 1.165) is 16.5 Å². The second-order valence-electron chi connectivity index (χ2n) is 3.59. The summed E-state index contributed by atoms with van der Waals surface area (Å²) in [7, 11) is 1.88. The molecule has 2 aromatic rings. The van der Waals surface area contributed by atoms with Crippen molar-refractivity contribution in [3.05, 3.63) is 36.0 Å². The first-order valence-electron chi connectivity index (χ1n) is 4.97. The highest BCUT2D eigenvalue weighted by molar-refractivity contribution is 5.81. The van der Waals surface area contributed by atoms with Crippen LogP contribution in [0.4, 0.5) is 0 Å². The maximum absolute atomic E-state index is 10.3. The Hall–Kier alpha value is -2.10. The third-order valence-electron chi connectivity index (χ3n) is 2.38. The van der Waals surface area contributed by atoms with Crippen LogP contribution in [0.5, 0.6) is 0 Å². The summed E-state index contributed by atoms with van der Waals surface area (Å²) in [6.45, 7) is 0. The Bertz CT molecular complexity index is 555. The minimum absolute atomic E-state index is 0.0451. The van der Waals surface area contributed by atoms with E-state index in [1.54, 1.807) is 23.0 Å². The van der Waals surface area contributed by atoms with Crippen LogP contribution in [0.3, 0.4) is 0 Å². The van der Waals surface area contributed by atoms with Crippen molar-refractivity contribution in [1.29, 1.82) is 0 Å². The van der Waals surface area contributed by atoms with Gasteiger partial charge in [0.15, 0.2) is 0 Å². The number of aryl methyl sites for hydroxylation is 1. The monoisotopic (exact) mass is 216 g/mol. The first kappa shape index (κ1) is 10.4. The molecule has 0 unspecified atom stereocenters. The zero-order chi connectivity index (χ0) is 11.5. The SMILES string of the molecule is Cn1ncc2ccc(C=CCC(=O)O)cc21. The molecule has 1 aromatic carbocycles. The fourth-order valence-electron chi connectivity index (χ4n) is 1.56. The van der Waals surface area contributed by atoms with Gasteiger partial charge in [-0.25, -0.2) is 0 Å². The Labute approximate surface area is 92.8 Å². The number of fused-ring (bicyclic) bond motifs is 1. The predicted octanol–water partition coefficient (Wildman–Crippen LogP) is 2.06. The standard InChI is InChI=1S/C12H12N2O2/c1-14-11-7-9(3-2-4-12(15)16)5-6-10(11)8-13-14/h2-3,5-8H,4H2,1H3,(H,15,16). The van der Waals surface area contributed by atoms with Crippen molar-refractivity contribution in [2.24, 2.45) is 7.05 Å². The fraction of sp³-hybridized carbons (Fsp3) is 0.167. The van der Waals surface area contributed by atoms with Crippen molar-refractivity contribution in [3.8, 4) is 0 Å². The van der Waals surface area contributed by atoms with Gasteiger partial charge in [-0.2, -0.15) is 5.10 Å². The summed E-state index contributed by atoms with van der Waals surface area (Å²) < 4.78 is 1.80. The number of aliphatic carboxylic acids is 1. The highest BCUT2D eigenvalue weighted by Crippen LogP contribution is 2.15. The molecule has 0 atom stereocenters. The Morgan fingerprint density at radius 1 is 1.56 bits per heavy atom. The van der Waals surface area contributed by atoms with Crippen LogP contribution in [-0.2, 0) is 11.8 Å². The van der Waals surface area contributed by atoms with E-state index in [1.165, 1.54) is 0 Å². The molecular formula is C12H12N2O2. The summed E-state index contributed by atoms with van der Waals surface area (Å²) in [5.41, 5.74) is 2.02. The molecule has 4 heteroatoms. The molecule has 0 amide bonds. The zero-order valence-electron chi connectivity index (χ0n) is 8.92. The topological polar surface area (TPSA) is 55.1 Å². The highest BCUT2D eigenvalue weighted by Gasteiger charge is 1.99. The van der Waals surface area contributed by atoms with Gasteiger partial charge in [0, 0.05) is 12.4 Å². The van der Waals surface area contributed by atoms with Gasteiger partial charge in [-0.05, 0) is 11.6 Å². The molecule has 0 aliphatic rings. The third kappa shape index (κ3) is 2.11. The molecule has 0 fully saturated rings. The van der Waals surface area contributed by atoms with Crippen LogP contribution in [0.2, 0.25) is 0 Å². The van der Waals surface area contributed by atoms with E-state index < -0.39 is 5.97 Å². The molecule has 16 heavy (non-hydrogen) atoms. The first-order chi connectivity index (χ1) is 7.66. The number of nitrogens with zero attached hydrogens (tertiary/aromatic N) is 2. The Balaban J connectivity index is 2.28. The van der Waals surface area contributed by atoms with Crippen LogP contribution in [0.25, 0.3) is 17.0 Å². The molecule has 1 heterocycles. The molecule has 1 aromatic heterocycles. The summed E-state index contributed by atoms with van der Waals surface area (Å²) in [5, 5.41) is 13.7. The first-order valence-corrected chi connectivity index (χ1v) is 4.97. The molecule has 4 nitrogen and oxygen atoms in total. The summed E-state index contributed by atoms with van der Waals surface area (Å²) in [4.78, 5) is 10.3. The second kappa shape index (κ2) is 4.18. The molecule has 1 N–H and O–H groups in total. The normalized spacial score (nSPS) is 11.3. The van der Waals surface area contributed by atoms with Crippen molar-refractivity contribution in [3.63, 3.8) is 0 Å². The van der Waals surface area contributed by atoms with Crippen LogP contribution >= 0.6 is 0 Å². The minimum Gasteiger partial charge on any atom is -0.481 e. The van der Waals surface area contributed by atoms with Gasteiger partial charge >= 0.3 is 5.97 Å². The van der Waals surface area contributed by atoms with E-state index >= 15 is 0 Å². The average Bonchev–Trinajstić information content (AvgIpc) is 2.60. The van der Waals surface area contributed by atoms with Crippen LogP contribution < -0.4 is 0 Å². The van der Waals surface area contributed by atoms with Crippen molar-refractivity contribution in [1.82, 2.24) is 9.78 Å². The van der Waals surface area contributed by atoms with Crippen molar-refractivity contribution in [2.75, 3.05) is 0 Å². The second-order valence-corrected chi connectivity index (χ2v) is 3.59. The molecule has 2 rings (SSSR count). The van der Waals surface area contributed by atoms with Crippen LogP contribution in [0.15, 0.2) is 30.5 Å². The van der Waals surface area contributed by atoms with Crippen LogP contribution in [0, 0.1) is 0 Å². The number of hydrogen-bond acceptors (Lipinski definition) is 2. The van der Waals surface area contributed by atoms with Crippen molar-refractivity contribution < 1.29 is 9.90 Å². The average molecular weight is 216 g/mol. The number of carbonyl (C=O) groups is 1. The number of aromatic nitrogens is 2. The van der Waals surface area contributed by atoms with E-state index in [9.17, 15) is 4.79 Å². The lowest BCUT2D eigenvalue weighted by Crippen LogP contribution is -1.90. The molecule has 0 bridgehead atoms. The molecule has 0 radical (unpaired) electrons. The van der Waals surface area contributed by atoms with Crippen LogP contribution in [0.1, 0.15) is 12.0 Å². The maximum Gasteiger partial charge on any atom is 0.307 e. The number of hydrogen-bond donors (Lipinski definition) is 1.